The molecule has 0 saturated carbocycles. The summed E-state index contributed by atoms with van der Waals surface area (Å²) in [6.07, 6.45) is -0.0566. The van der Waals surface area contributed by atoms with Crippen molar-refractivity contribution in [1.82, 2.24) is 16.2 Å². The standard InChI is InChI=1S/C15H12BrClFN3O3S/c16-12-4-3-11(25-12)15(24)21-20-13(22)5-6-19-14(23)9-2-1-8(18)7-10(9)17/h1-4,7H,5-6H2,(H,19,23)(H,20,22)(H,21,24). The van der Waals surface area contributed by atoms with Crippen molar-refractivity contribution >= 4 is 56.6 Å². The van der Waals surface area contributed by atoms with Gasteiger partial charge in [0.1, 0.15) is 5.82 Å². The molecule has 0 aliphatic rings. The summed E-state index contributed by atoms with van der Waals surface area (Å²) in [7, 11) is 0. The van der Waals surface area contributed by atoms with Gasteiger partial charge in [0, 0.05) is 13.0 Å². The normalized spacial score (nSPS) is 10.2. The molecule has 1 heterocycles. The van der Waals surface area contributed by atoms with Crippen molar-refractivity contribution in [3.63, 3.8) is 0 Å². The Labute approximate surface area is 159 Å². The second-order valence-corrected chi connectivity index (χ2v) is 7.61. The molecule has 0 unspecified atom stereocenters. The summed E-state index contributed by atoms with van der Waals surface area (Å²) >= 11 is 10.2. The minimum absolute atomic E-state index is 0.0173. The fraction of sp³-hybridized carbons (Fsp3) is 0.133. The molecule has 1 aromatic heterocycles. The van der Waals surface area contributed by atoms with Crippen molar-refractivity contribution in [1.29, 1.82) is 0 Å². The Kier molecular flexibility index (Phi) is 6.91. The van der Waals surface area contributed by atoms with Crippen molar-refractivity contribution in [3.8, 4) is 0 Å². The summed E-state index contributed by atoms with van der Waals surface area (Å²) in [5.74, 6) is -1.99. The first-order valence-electron chi connectivity index (χ1n) is 6.94. The topological polar surface area (TPSA) is 87.3 Å². The lowest BCUT2D eigenvalue weighted by atomic mass is 10.2. The Morgan fingerprint density at radius 3 is 2.52 bits per heavy atom. The van der Waals surface area contributed by atoms with Gasteiger partial charge in [-0.15, -0.1) is 11.3 Å². The maximum Gasteiger partial charge on any atom is 0.279 e. The number of halogens is 3. The molecule has 3 amide bonds. The van der Waals surface area contributed by atoms with Gasteiger partial charge >= 0.3 is 0 Å². The van der Waals surface area contributed by atoms with Gasteiger partial charge in [0.25, 0.3) is 11.8 Å². The van der Waals surface area contributed by atoms with E-state index in [1.165, 1.54) is 17.4 Å². The van der Waals surface area contributed by atoms with Crippen LogP contribution in [-0.2, 0) is 4.79 Å². The van der Waals surface area contributed by atoms with Gasteiger partial charge in [0.05, 0.1) is 19.2 Å². The fourth-order valence-corrected chi connectivity index (χ4v) is 3.28. The van der Waals surface area contributed by atoms with E-state index in [2.05, 4.69) is 32.1 Å². The van der Waals surface area contributed by atoms with E-state index >= 15 is 0 Å². The van der Waals surface area contributed by atoms with Crippen LogP contribution in [0.3, 0.4) is 0 Å². The molecule has 0 spiro atoms. The molecule has 6 nitrogen and oxygen atoms in total. The molecule has 0 fully saturated rings. The molecule has 132 valence electrons. The number of carbonyl (C=O) groups excluding carboxylic acids is 3. The highest BCUT2D eigenvalue weighted by Gasteiger charge is 2.12. The van der Waals surface area contributed by atoms with E-state index in [0.717, 1.165) is 15.9 Å². The minimum Gasteiger partial charge on any atom is -0.351 e. The van der Waals surface area contributed by atoms with E-state index in [-0.39, 0.29) is 23.6 Å². The van der Waals surface area contributed by atoms with Crippen LogP contribution in [0.15, 0.2) is 34.1 Å². The van der Waals surface area contributed by atoms with Gasteiger partial charge < -0.3 is 5.32 Å². The van der Waals surface area contributed by atoms with Crippen LogP contribution in [0.2, 0.25) is 5.02 Å². The smallest absolute Gasteiger partial charge is 0.279 e. The van der Waals surface area contributed by atoms with Gasteiger partial charge in [-0.3, -0.25) is 25.2 Å². The van der Waals surface area contributed by atoms with Crippen LogP contribution in [0, 0.1) is 5.82 Å². The van der Waals surface area contributed by atoms with Crippen LogP contribution in [-0.4, -0.2) is 24.3 Å². The molecule has 25 heavy (non-hydrogen) atoms. The summed E-state index contributed by atoms with van der Waals surface area (Å²) < 4.78 is 13.7. The predicted molar refractivity (Wildman–Crippen MR) is 96.0 cm³/mol. The number of thiophene rings is 1. The molecular formula is C15H12BrClFN3O3S. The van der Waals surface area contributed by atoms with Crippen molar-refractivity contribution < 1.29 is 18.8 Å². The quantitative estimate of drug-likeness (QED) is 0.615. The Morgan fingerprint density at radius 1 is 1.12 bits per heavy atom. The maximum atomic E-state index is 12.9. The molecule has 0 saturated heterocycles. The monoisotopic (exact) mass is 447 g/mol. The number of amides is 3. The van der Waals surface area contributed by atoms with Crippen molar-refractivity contribution in [2.45, 2.75) is 6.42 Å². The lowest BCUT2D eigenvalue weighted by Crippen LogP contribution is -2.42. The molecule has 0 atom stereocenters. The zero-order valence-electron chi connectivity index (χ0n) is 12.6. The number of benzene rings is 1. The molecule has 0 aliphatic carbocycles. The van der Waals surface area contributed by atoms with Gasteiger partial charge in [-0.05, 0) is 46.3 Å². The third-order valence-corrected chi connectivity index (χ3v) is 4.86. The number of rotatable bonds is 5. The molecule has 1 aromatic carbocycles. The van der Waals surface area contributed by atoms with Crippen LogP contribution < -0.4 is 16.2 Å². The third kappa shape index (κ3) is 5.80. The average Bonchev–Trinajstić information content (AvgIpc) is 2.99. The Bertz CT molecular complexity index is 815. The summed E-state index contributed by atoms with van der Waals surface area (Å²) in [4.78, 5) is 35.7. The van der Waals surface area contributed by atoms with Gasteiger partial charge in [-0.25, -0.2) is 4.39 Å². The maximum absolute atomic E-state index is 12.9. The number of hydrogen-bond acceptors (Lipinski definition) is 4. The summed E-state index contributed by atoms with van der Waals surface area (Å²) in [6, 6.07) is 6.74. The van der Waals surface area contributed by atoms with Crippen molar-refractivity contribution in [3.05, 3.63) is 55.4 Å². The number of hydrazine groups is 1. The highest BCUT2D eigenvalue weighted by Crippen LogP contribution is 2.21. The molecule has 2 rings (SSSR count). The van der Waals surface area contributed by atoms with Crippen LogP contribution in [0.25, 0.3) is 0 Å². The second kappa shape index (κ2) is 8.93. The zero-order chi connectivity index (χ0) is 18.4. The fourth-order valence-electron chi connectivity index (χ4n) is 1.75. The predicted octanol–water partition coefficient (Wildman–Crippen LogP) is 2.88. The molecule has 3 N–H and O–H groups in total. The first kappa shape index (κ1) is 19.4. The zero-order valence-corrected chi connectivity index (χ0v) is 15.7. The SMILES string of the molecule is O=C(CCNC(=O)c1ccc(F)cc1Cl)NNC(=O)c1ccc(Br)s1. The molecule has 0 radical (unpaired) electrons. The lowest BCUT2D eigenvalue weighted by molar-refractivity contribution is -0.121. The highest BCUT2D eigenvalue weighted by molar-refractivity contribution is 9.11. The van der Waals surface area contributed by atoms with Crippen LogP contribution in [0.5, 0.6) is 0 Å². The van der Waals surface area contributed by atoms with Crippen molar-refractivity contribution in [2.24, 2.45) is 0 Å². The second-order valence-electron chi connectivity index (χ2n) is 4.74. The summed E-state index contributed by atoms with van der Waals surface area (Å²) in [5.41, 5.74) is 4.63. The van der Waals surface area contributed by atoms with E-state index in [0.29, 0.717) is 4.88 Å². The Balaban J connectivity index is 1.73. The van der Waals surface area contributed by atoms with Gasteiger partial charge in [0.15, 0.2) is 0 Å². The van der Waals surface area contributed by atoms with Gasteiger partial charge in [-0.2, -0.15) is 0 Å². The first-order chi connectivity index (χ1) is 11.9. The van der Waals surface area contributed by atoms with Crippen molar-refractivity contribution in [2.75, 3.05) is 6.54 Å². The molecule has 0 bridgehead atoms. The van der Waals surface area contributed by atoms with E-state index in [1.807, 2.05) is 0 Å². The van der Waals surface area contributed by atoms with Crippen LogP contribution >= 0.6 is 38.9 Å². The lowest BCUT2D eigenvalue weighted by Gasteiger charge is -2.08. The molecular weight excluding hydrogens is 437 g/mol. The average molecular weight is 449 g/mol. The van der Waals surface area contributed by atoms with E-state index in [4.69, 9.17) is 11.6 Å². The molecule has 10 heteroatoms. The molecule has 2 aromatic rings. The number of carbonyl (C=O) groups is 3. The van der Waals surface area contributed by atoms with Crippen LogP contribution in [0.4, 0.5) is 4.39 Å². The van der Waals surface area contributed by atoms with E-state index in [1.54, 1.807) is 12.1 Å². The minimum atomic E-state index is -0.547. The number of nitrogens with one attached hydrogen (secondary N) is 3. The van der Waals surface area contributed by atoms with E-state index in [9.17, 15) is 18.8 Å². The summed E-state index contributed by atoms with van der Waals surface area (Å²) in [5, 5.41) is 2.47. The highest BCUT2D eigenvalue weighted by atomic mass is 79.9. The Morgan fingerprint density at radius 2 is 1.88 bits per heavy atom. The van der Waals surface area contributed by atoms with Gasteiger partial charge in [-0.1, -0.05) is 11.6 Å². The number of hydrogen-bond donors (Lipinski definition) is 3. The first-order valence-corrected chi connectivity index (χ1v) is 8.93. The third-order valence-electron chi connectivity index (χ3n) is 2.93. The van der Waals surface area contributed by atoms with Crippen LogP contribution in [0.1, 0.15) is 26.5 Å². The largest absolute Gasteiger partial charge is 0.351 e. The molecule has 0 aliphatic heterocycles. The van der Waals surface area contributed by atoms with Gasteiger partial charge in [0.2, 0.25) is 5.91 Å². The Hall–Kier alpha value is -1.97. The van der Waals surface area contributed by atoms with E-state index < -0.39 is 23.5 Å². The summed E-state index contributed by atoms with van der Waals surface area (Å²) in [6.45, 7) is 0.0266.